The van der Waals surface area contributed by atoms with Crippen molar-refractivity contribution in [2.24, 2.45) is 5.92 Å². The van der Waals surface area contributed by atoms with Crippen LogP contribution in [-0.2, 0) is 4.79 Å². The van der Waals surface area contributed by atoms with Crippen LogP contribution in [0.4, 0.5) is 0 Å². The second kappa shape index (κ2) is 10.8. The van der Waals surface area contributed by atoms with Gasteiger partial charge in [-0.25, -0.2) is 4.79 Å². The third-order valence-electron chi connectivity index (χ3n) is 3.41. The quantitative estimate of drug-likeness (QED) is 0.202. The average molecular weight is 302 g/mol. The molecule has 0 radical (unpaired) electrons. The van der Waals surface area contributed by atoms with E-state index in [0.29, 0.717) is 17.6 Å². The Bertz CT molecular complexity index is 489. The van der Waals surface area contributed by atoms with Gasteiger partial charge in [0.15, 0.2) is 6.29 Å². The molecule has 0 saturated carbocycles. The third kappa shape index (κ3) is 7.77. The lowest BCUT2D eigenvalue weighted by Crippen LogP contribution is -2.05. The van der Waals surface area contributed by atoms with Crippen LogP contribution in [-0.4, -0.2) is 12.3 Å². The van der Waals surface area contributed by atoms with Gasteiger partial charge in [0.05, 0.1) is 5.56 Å². The number of rotatable bonds is 10. The maximum absolute atomic E-state index is 11.7. The summed E-state index contributed by atoms with van der Waals surface area (Å²) in [5.41, 5.74) is 0.384. The number of esters is 1. The van der Waals surface area contributed by atoms with Crippen molar-refractivity contribution < 1.29 is 14.3 Å². The van der Waals surface area contributed by atoms with E-state index < -0.39 is 5.97 Å². The Hall–Kier alpha value is -1.90. The third-order valence-corrected chi connectivity index (χ3v) is 3.41. The fraction of sp³-hybridized carbons (Fsp3) is 0.474. The molecule has 1 aromatic carbocycles. The summed E-state index contributed by atoms with van der Waals surface area (Å²) in [4.78, 5) is 22.5. The Labute approximate surface area is 133 Å². The molecule has 0 aliphatic rings. The average Bonchev–Trinajstić information content (AvgIpc) is 2.50. The monoisotopic (exact) mass is 302 g/mol. The number of allylic oxidation sites excluding steroid dienone is 1. The van der Waals surface area contributed by atoms with Gasteiger partial charge in [0, 0.05) is 6.08 Å². The Morgan fingerprint density at radius 3 is 2.59 bits per heavy atom. The number of benzene rings is 1. The van der Waals surface area contributed by atoms with Crippen LogP contribution in [0.5, 0.6) is 5.75 Å². The number of carbonyl (C=O) groups is 2. The number of carbonyl (C=O) groups excluding carboxylic acids is 2. The van der Waals surface area contributed by atoms with Crippen LogP contribution in [0.3, 0.4) is 0 Å². The van der Waals surface area contributed by atoms with Crippen LogP contribution in [0.2, 0.25) is 0 Å². The highest BCUT2D eigenvalue weighted by Gasteiger charge is 2.05. The molecule has 0 unspecified atom stereocenters. The van der Waals surface area contributed by atoms with E-state index in [-0.39, 0.29) is 0 Å². The highest BCUT2D eigenvalue weighted by molar-refractivity contribution is 5.87. The van der Waals surface area contributed by atoms with Crippen molar-refractivity contribution in [1.82, 2.24) is 0 Å². The minimum atomic E-state index is -0.436. The summed E-state index contributed by atoms with van der Waals surface area (Å²) in [5.74, 6) is 0.652. The van der Waals surface area contributed by atoms with Gasteiger partial charge >= 0.3 is 5.97 Å². The fourth-order valence-electron chi connectivity index (χ4n) is 2.16. The molecule has 0 atom stereocenters. The second-order valence-corrected chi connectivity index (χ2v) is 5.86. The van der Waals surface area contributed by atoms with E-state index in [1.807, 2.05) is 6.08 Å². The highest BCUT2D eigenvalue weighted by Crippen LogP contribution is 2.16. The second-order valence-electron chi connectivity index (χ2n) is 5.86. The molecule has 0 aliphatic heterocycles. The zero-order valence-corrected chi connectivity index (χ0v) is 13.6. The largest absolute Gasteiger partial charge is 0.423 e. The maximum atomic E-state index is 11.7. The van der Waals surface area contributed by atoms with E-state index in [9.17, 15) is 9.59 Å². The van der Waals surface area contributed by atoms with E-state index in [1.54, 1.807) is 24.3 Å². The van der Waals surface area contributed by atoms with E-state index in [4.69, 9.17) is 4.74 Å². The van der Waals surface area contributed by atoms with Crippen molar-refractivity contribution in [1.29, 1.82) is 0 Å². The fourth-order valence-corrected chi connectivity index (χ4v) is 2.16. The maximum Gasteiger partial charge on any atom is 0.335 e. The molecule has 0 saturated heterocycles. The van der Waals surface area contributed by atoms with Crippen LogP contribution in [0, 0.1) is 5.92 Å². The molecule has 1 rings (SSSR count). The number of ether oxygens (including phenoxy) is 1. The smallest absolute Gasteiger partial charge is 0.335 e. The zero-order valence-electron chi connectivity index (χ0n) is 13.6. The van der Waals surface area contributed by atoms with E-state index >= 15 is 0 Å². The lowest BCUT2D eigenvalue weighted by atomic mass is 10.0. The summed E-state index contributed by atoms with van der Waals surface area (Å²) in [7, 11) is 0. The molecule has 3 nitrogen and oxygen atoms in total. The SMILES string of the molecule is CC(C)CCCCCC/C=C/C(=O)Oc1ccccc1C=O. The Morgan fingerprint density at radius 2 is 1.86 bits per heavy atom. The molecule has 0 aliphatic carbocycles. The summed E-state index contributed by atoms with van der Waals surface area (Å²) in [5, 5.41) is 0. The van der Waals surface area contributed by atoms with Gasteiger partial charge in [-0.2, -0.15) is 0 Å². The number of aldehydes is 1. The summed E-state index contributed by atoms with van der Waals surface area (Å²) >= 11 is 0. The van der Waals surface area contributed by atoms with Gasteiger partial charge < -0.3 is 4.74 Å². The van der Waals surface area contributed by atoms with E-state index in [0.717, 1.165) is 18.8 Å². The van der Waals surface area contributed by atoms with Crippen molar-refractivity contribution in [3.05, 3.63) is 42.0 Å². The molecule has 120 valence electrons. The first-order chi connectivity index (χ1) is 10.6. The Kier molecular flexibility index (Phi) is 8.89. The topological polar surface area (TPSA) is 43.4 Å². The van der Waals surface area contributed by atoms with Crippen LogP contribution >= 0.6 is 0 Å². The van der Waals surface area contributed by atoms with Crippen LogP contribution in [0.1, 0.15) is 62.7 Å². The van der Waals surface area contributed by atoms with Crippen LogP contribution in [0.15, 0.2) is 36.4 Å². The van der Waals surface area contributed by atoms with E-state index in [2.05, 4.69) is 13.8 Å². The molecule has 22 heavy (non-hydrogen) atoms. The van der Waals surface area contributed by atoms with Gasteiger partial charge in [0.2, 0.25) is 0 Å². The first-order valence-corrected chi connectivity index (χ1v) is 8.06. The van der Waals surface area contributed by atoms with E-state index in [1.165, 1.54) is 31.8 Å². The molecular formula is C19H26O3. The van der Waals surface area contributed by atoms with Crippen LogP contribution in [0.25, 0.3) is 0 Å². The van der Waals surface area contributed by atoms with Crippen molar-refractivity contribution in [2.75, 3.05) is 0 Å². The Balaban J connectivity index is 2.21. The molecule has 0 heterocycles. The first kappa shape index (κ1) is 18.1. The normalized spacial score (nSPS) is 11.0. The minimum absolute atomic E-state index is 0.306. The van der Waals surface area contributed by atoms with Crippen LogP contribution < -0.4 is 4.74 Å². The molecule has 0 fully saturated rings. The summed E-state index contributed by atoms with van der Waals surface area (Å²) in [6, 6.07) is 6.70. The van der Waals surface area contributed by atoms with Gasteiger partial charge in [0.1, 0.15) is 5.75 Å². The first-order valence-electron chi connectivity index (χ1n) is 8.06. The summed E-state index contributed by atoms with van der Waals surface area (Å²) in [6.07, 6.45) is 11.0. The van der Waals surface area contributed by atoms with Gasteiger partial charge in [-0.05, 0) is 30.9 Å². The lowest BCUT2D eigenvalue weighted by Gasteiger charge is -2.04. The minimum Gasteiger partial charge on any atom is -0.423 e. The van der Waals surface area contributed by atoms with Crippen molar-refractivity contribution in [3.8, 4) is 5.75 Å². The predicted octanol–water partition coefficient (Wildman–Crippen LogP) is 4.96. The van der Waals surface area contributed by atoms with Gasteiger partial charge in [-0.15, -0.1) is 0 Å². The molecule has 0 bridgehead atoms. The van der Waals surface area contributed by atoms with Crippen molar-refractivity contribution in [3.63, 3.8) is 0 Å². The van der Waals surface area contributed by atoms with Gasteiger partial charge in [-0.3, -0.25) is 4.79 Å². The molecule has 0 spiro atoms. The lowest BCUT2D eigenvalue weighted by molar-refractivity contribution is -0.129. The Morgan fingerprint density at radius 1 is 1.14 bits per heavy atom. The standard InChI is InChI=1S/C19H26O3/c1-16(2)11-7-5-3-4-6-8-14-19(21)22-18-13-10-9-12-17(18)15-20/h8-10,12-16H,3-7,11H2,1-2H3/b14-8+. The predicted molar refractivity (Wildman–Crippen MR) is 89.1 cm³/mol. The molecular weight excluding hydrogens is 276 g/mol. The van der Waals surface area contributed by atoms with Gasteiger partial charge in [0.25, 0.3) is 0 Å². The molecule has 3 heteroatoms. The number of unbranched alkanes of at least 4 members (excludes halogenated alkanes) is 4. The molecule has 0 N–H and O–H groups in total. The highest BCUT2D eigenvalue weighted by atomic mass is 16.5. The molecule has 0 aromatic heterocycles. The summed E-state index contributed by atoms with van der Waals surface area (Å²) in [6.45, 7) is 4.49. The summed E-state index contributed by atoms with van der Waals surface area (Å²) < 4.78 is 5.15. The number of hydrogen-bond donors (Lipinski definition) is 0. The molecule has 1 aromatic rings. The van der Waals surface area contributed by atoms with Gasteiger partial charge in [-0.1, -0.05) is 57.7 Å². The van der Waals surface area contributed by atoms with Crippen molar-refractivity contribution >= 4 is 12.3 Å². The zero-order chi connectivity index (χ0) is 16.2. The number of para-hydroxylation sites is 1. The molecule has 0 amide bonds. The number of hydrogen-bond acceptors (Lipinski definition) is 3. The van der Waals surface area contributed by atoms with Crippen molar-refractivity contribution in [2.45, 2.75) is 52.4 Å².